The molecule has 1 aliphatic heterocycles. The fraction of sp³-hybridized carbons (Fsp3) is 0.304. The summed E-state index contributed by atoms with van der Waals surface area (Å²) in [5, 5.41) is 0. The third-order valence-electron chi connectivity index (χ3n) is 5.78. The number of imidazole rings is 1. The maximum atomic E-state index is 13.3. The Hall–Kier alpha value is -2.97. The van der Waals surface area contributed by atoms with E-state index in [9.17, 15) is 8.42 Å². The number of fused-ring (bicyclic) bond motifs is 1. The molecule has 160 valence electrons. The minimum atomic E-state index is -3.56. The van der Waals surface area contributed by atoms with Gasteiger partial charge in [0.05, 0.1) is 17.2 Å². The van der Waals surface area contributed by atoms with Gasteiger partial charge in [-0.15, -0.1) is 0 Å². The van der Waals surface area contributed by atoms with Crippen molar-refractivity contribution in [3.63, 3.8) is 0 Å². The summed E-state index contributed by atoms with van der Waals surface area (Å²) in [7, 11) is -3.56. The number of hydrogen-bond donors (Lipinski definition) is 0. The number of rotatable bonds is 6. The monoisotopic (exact) mass is 436 g/mol. The second-order valence-electron chi connectivity index (χ2n) is 7.83. The van der Waals surface area contributed by atoms with Crippen molar-refractivity contribution in [2.24, 2.45) is 0 Å². The molecule has 31 heavy (non-hydrogen) atoms. The number of hydrogen-bond acceptors (Lipinski definition) is 5. The minimum absolute atomic E-state index is 0.0749. The van der Waals surface area contributed by atoms with E-state index in [2.05, 4.69) is 11.9 Å². The van der Waals surface area contributed by atoms with E-state index in [-0.39, 0.29) is 6.04 Å². The van der Waals surface area contributed by atoms with Gasteiger partial charge in [-0.25, -0.2) is 18.4 Å². The first kappa shape index (κ1) is 20.0. The zero-order chi connectivity index (χ0) is 21.4. The van der Waals surface area contributed by atoms with E-state index in [0.29, 0.717) is 36.0 Å². The topological polar surface area (TPSA) is 81.2 Å². The molecule has 4 aromatic rings. The van der Waals surface area contributed by atoms with Gasteiger partial charge in [-0.05, 0) is 54.8 Å². The van der Waals surface area contributed by atoms with Crippen LogP contribution in [0.1, 0.15) is 31.4 Å². The molecule has 0 N–H and O–H groups in total. The Bertz CT molecular complexity index is 1290. The third kappa shape index (κ3) is 3.55. The molecule has 0 aliphatic carbocycles. The molecule has 1 saturated heterocycles. The maximum Gasteiger partial charge on any atom is 0.243 e. The van der Waals surface area contributed by atoms with Gasteiger partial charge >= 0.3 is 0 Å². The van der Waals surface area contributed by atoms with Crippen LogP contribution in [-0.2, 0) is 16.4 Å². The molecule has 1 unspecified atom stereocenters. The van der Waals surface area contributed by atoms with E-state index in [1.165, 1.54) is 0 Å². The van der Waals surface area contributed by atoms with E-state index in [1.807, 2.05) is 41.0 Å². The van der Waals surface area contributed by atoms with Gasteiger partial charge in [0.1, 0.15) is 5.52 Å². The zero-order valence-electron chi connectivity index (χ0n) is 17.3. The predicted octanol–water partition coefficient (Wildman–Crippen LogP) is 4.28. The summed E-state index contributed by atoms with van der Waals surface area (Å²) >= 11 is 0. The highest BCUT2D eigenvalue weighted by atomic mass is 32.2. The number of benzene rings is 1. The zero-order valence-corrected chi connectivity index (χ0v) is 18.1. The maximum absolute atomic E-state index is 13.3. The van der Waals surface area contributed by atoms with Crippen LogP contribution in [-0.4, -0.2) is 40.3 Å². The van der Waals surface area contributed by atoms with Crippen LogP contribution in [0.5, 0.6) is 0 Å². The van der Waals surface area contributed by atoms with Crippen molar-refractivity contribution in [3.05, 3.63) is 66.6 Å². The van der Waals surface area contributed by atoms with Crippen LogP contribution in [0.3, 0.4) is 0 Å². The lowest BCUT2D eigenvalue weighted by Gasteiger charge is -2.18. The Kier molecular flexibility index (Phi) is 5.11. The average Bonchev–Trinajstić information content (AvgIpc) is 3.52. The van der Waals surface area contributed by atoms with Crippen LogP contribution in [0, 0.1) is 0 Å². The lowest BCUT2D eigenvalue weighted by Crippen LogP contribution is -2.29. The molecule has 8 heteroatoms. The molecule has 1 atom stereocenters. The first-order valence-electron chi connectivity index (χ1n) is 10.5. The van der Waals surface area contributed by atoms with Crippen molar-refractivity contribution < 1.29 is 12.8 Å². The first-order chi connectivity index (χ1) is 15.1. The fourth-order valence-corrected chi connectivity index (χ4v) is 5.75. The average molecular weight is 437 g/mol. The molecule has 0 amide bonds. The lowest BCUT2D eigenvalue weighted by molar-refractivity contribution is 0.453. The SMILES string of the molecule is CCCc1ccc(S(=O)(=O)N2CCC(n3c(-c4ccco4)nc4cccnc43)C2)cc1. The van der Waals surface area contributed by atoms with Gasteiger partial charge in [0.25, 0.3) is 0 Å². The molecule has 0 spiro atoms. The quantitative estimate of drug-likeness (QED) is 0.451. The molecular weight excluding hydrogens is 412 g/mol. The summed E-state index contributed by atoms with van der Waals surface area (Å²) < 4.78 is 35.7. The van der Waals surface area contributed by atoms with Crippen LogP contribution < -0.4 is 0 Å². The van der Waals surface area contributed by atoms with E-state index in [1.54, 1.807) is 28.9 Å². The molecule has 1 fully saturated rings. The van der Waals surface area contributed by atoms with E-state index in [4.69, 9.17) is 9.40 Å². The summed E-state index contributed by atoms with van der Waals surface area (Å²) in [6.45, 7) is 2.93. The molecule has 4 heterocycles. The van der Waals surface area contributed by atoms with Crippen molar-refractivity contribution in [2.45, 2.75) is 37.1 Å². The summed E-state index contributed by atoms with van der Waals surface area (Å²) in [4.78, 5) is 9.57. The Morgan fingerprint density at radius 1 is 1.13 bits per heavy atom. The van der Waals surface area contributed by atoms with Crippen LogP contribution in [0.2, 0.25) is 0 Å². The normalized spacial score (nSPS) is 17.5. The van der Waals surface area contributed by atoms with Crippen LogP contribution >= 0.6 is 0 Å². The largest absolute Gasteiger partial charge is 0.461 e. The van der Waals surface area contributed by atoms with Gasteiger partial charge < -0.3 is 8.98 Å². The molecule has 7 nitrogen and oxygen atoms in total. The Balaban J connectivity index is 1.47. The number of nitrogens with zero attached hydrogens (tertiary/aromatic N) is 4. The van der Waals surface area contributed by atoms with Gasteiger partial charge in [-0.3, -0.25) is 0 Å². The number of aryl methyl sites for hydroxylation is 1. The number of aromatic nitrogens is 3. The van der Waals surface area contributed by atoms with E-state index < -0.39 is 10.0 Å². The summed E-state index contributed by atoms with van der Waals surface area (Å²) in [5.74, 6) is 1.32. The molecule has 1 aliphatic rings. The van der Waals surface area contributed by atoms with Gasteiger partial charge in [0.15, 0.2) is 17.2 Å². The van der Waals surface area contributed by atoms with Crippen molar-refractivity contribution in [1.82, 2.24) is 18.8 Å². The highest BCUT2D eigenvalue weighted by Crippen LogP contribution is 2.34. The highest BCUT2D eigenvalue weighted by molar-refractivity contribution is 7.89. The molecule has 0 radical (unpaired) electrons. The van der Waals surface area contributed by atoms with Gasteiger partial charge in [0.2, 0.25) is 10.0 Å². The smallest absolute Gasteiger partial charge is 0.243 e. The molecule has 1 aromatic carbocycles. The Morgan fingerprint density at radius 3 is 2.71 bits per heavy atom. The Morgan fingerprint density at radius 2 is 1.97 bits per heavy atom. The molecule has 0 saturated carbocycles. The Labute approximate surface area is 181 Å². The highest BCUT2D eigenvalue weighted by Gasteiger charge is 2.35. The minimum Gasteiger partial charge on any atom is -0.461 e. The molecular formula is C23H24N4O3S. The molecule has 0 bridgehead atoms. The standard InChI is InChI=1S/C23H24N4O3S/c1-2-5-17-8-10-19(11-9-17)31(28,29)26-14-12-18(16-26)27-22-20(6-3-13-24-22)25-23(27)21-7-4-15-30-21/h3-4,6-11,13,15,18H,2,5,12,14,16H2,1H3. The van der Waals surface area contributed by atoms with Crippen LogP contribution in [0.15, 0.2) is 70.3 Å². The van der Waals surface area contributed by atoms with Crippen molar-refractivity contribution in [3.8, 4) is 11.6 Å². The lowest BCUT2D eigenvalue weighted by atomic mass is 10.1. The van der Waals surface area contributed by atoms with Gasteiger partial charge in [-0.1, -0.05) is 25.5 Å². The fourth-order valence-electron chi connectivity index (χ4n) is 4.26. The summed E-state index contributed by atoms with van der Waals surface area (Å²) in [5.41, 5.74) is 2.66. The van der Waals surface area contributed by atoms with Crippen molar-refractivity contribution >= 4 is 21.2 Å². The third-order valence-corrected chi connectivity index (χ3v) is 7.66. The van der Waals surface area contributed by atoms with Crippen LogP contribution in [0.4, 0.5) is 0 Å². The summed E-state index contributed by atoms with van der Waals surface area (Å²) in [6, 6.07) is 14.6. The van der Waals surface area contributed by atoms with Crippen LogP contribution in [0.25, 0.3) is 22.7 Å². The molecule has 5 rings (SSSR count). The second-order valence-corrected chi connectivity index (χ2v) is 9.77. The number of furan rings is 1. The summed E-state index contributed by atoms with van der Waals surface area (Å²) in [6.07, 6.45) is 6.00. The predicted molar refractivity (Wildman–Crippen MR) is 118 cm³/mol. The molecule has 3 aromatic heterocycles. The van der Waals surface area contributed by atoms with E-state index >= 15 is 0 Å². The van der Waals surface area contributed by atoms with Gasteiger partial charge in [-0.2, -0.15) is 4.31 Å². The van der Waals surface area contributed by atoms with Crippen molar-refractivity contribution in [1.29, 1.82) is 0 Å². The number of sulfonamides is 1. The second kappa shape index (κ2) is 7.94. The van der Waals surface area contributed by atoms with Crippen molar-refractivity contribution in [2.75, 3.05) is 13.1 Å². The first-order valence-corrected chi connectivity index (χ1v) is 12.0. The van der Waals surface area contributed by atoms with Gasteiger partial charge in [0, 0.05) is 19.3 Å². The van der Waals surface area contributed by atoms with E-state index in [0.717, 1.165) is 29.6 Å². The number of pyridine rings is 1.